The third-order valence-corrected chi connectivity index (χ3v) is 3.19. The molecule has 21 heavy (non-hydrogen) atoms. The van der Waals surface area contributed by atoms with Gasteiger partial charge in [0.15, 0.2) is 0 Å². The van der Waals surface area contributed by atoms with Crippen molar-refractivity contribution in [3.8, 4) is 0 Å². The van der Waals surface area contributed by atoms with Crippen molar-refractivity contribution in [2.45, 2.75) is 39.0 Å². The quantitative estimate of drug-likeness (QED) is 0.787. The molecular formula is C16H28N4O. The molecule has 0 fully saturated rings. The molecule has 1 heterocycles. The van der Waals surface area contributed by atoms with Gasteiger partial charge in [-0.25, -0.2) is 4.98 Å². The van der Waals surface area contributed by atoms with Crippen LogP contribution >= 0.6 is 0 Å². The van der Waals surface area contributed by atoms with E-state index in [4.69, 9.17) is 5.73 Å². The summed E-state index contributed by atoms with van der Waals surface area (Å²) in [6.07, 6.45) is 2.04. The molecule has 0 spiro atoms. The second-order valence-electron chi connectivity index (χ2n) is 6.68. The average molecular weight is 292 g/mol. The number of hydrogen-bond donors (Lipinski definition) is 2. The maximum atomic E-state index is 12.2. The number of nitrogens with one attached hydrogen (secondary N) is 1. The largest absolute Gasteiger partial charge is 0.384 e. The fraction of sp³-hybridized carbons (Fsp3) is 0.625. The molecule has 0 aliphatic carbocycles. The first-order chi connectivity index (χ1) is 9.70. The predicted octanol–water partition coefficient (Wildman–Crippen LogP) is 2.03. The Hall–Kier alpha value is -1.62. The average Bonchev–Trinajstić information content (AvgIpc) is 2.36. The Morgan fingerprint density at radius 2 is 1.95 bits per heavy atom. The number of unbranched alkanes of at least 4 members (excludes halogenated alkanes) is 1. The number of amides is 1. The van der Waals surface area contributed by atoms with Crippen LogP contribution in [0.1, 0.15) is 49.7 Å². The topological polar surface area (TPSA) is 71.2 Å². The molecule has 0 aliphatic heterocycles. The number of rotatable bonds is 6. The number of aromatic nitrogens is 1. The normalized spacial score (nSPS) is 11.7. The molecule has 0 bridgehead atoms. The van der Waals surface area contributed by atoms with E-state index in [0.717, 1.165) is 25.1 Å². The van der Waals surface area contributed by atoms with Crippen LogP contribution in [0.15, 0.2) is 12.1 Å². The molecule has 0 unspecified atom stereocenters. The van der Waals surface area contributed by atoms with Crippen LogP contribution in [0.4, 0.5) is 5.82 Å². The first-order valence-electron chi connectivity index (χ1n) is 7.41. The highest BCUT2D eigenvalue weighted by atomic mass is 16.1. The Kier molecular flexibility index (Phi) is 6.15. The SMILES string of the molecule is CN(C)CCCCNC(=O)c1cc(N)nc(C(C)(C)C)c1. The highest BCUT2D eigenvalue weighted by molar-refractivity contribution is 5.94. The van der Waals surface area contributed by atoms with Crippen molar-refractivity contribution in [1.82, 2.24) is 15.2 Å². The number of nitrogen functional groups attached to an aromatic ring is 1. The van der Waals surface area contributed by atoms with Gasteiger partial charge in [-0.2, -0.15) is 0 Å². The molecule has 0 aliphatic rings. The molecule has 5 heteroatoms. The molecule has 1 rings (SSSR count). The molecule has 1 amide bonds. The van der Waals surface area contributed by atoms with Gasteiger partial charge in [0.2, 0.25) is 0 Å². The summed E-state index contributed by atoms with van der Waals surface area (Å²) in [6.45, 7) is 7.87. The van der Waals surface area contributed by atoms with Crippen LogP contribution in [0.5, 0.6) is 0 Å². The Balaban J connectivity index is 2.60. The standard InChI is InChI=1S/C16H28N4O/c1-16(2,3)13-10-12(11-14(17)19-13)15(21)18-8-6-7-9-20(4)5/h10-11H,6-9H2,1-5H3,(H2,17,19)(H,18,21). The fourth-order valence-electron chi connectivity index (χ4n) is 1.92. The molecule has 118 valence electrons. The number of anilines is 1. The van der Waals surface area contributed by atoms with Gasteiger partial charge >= 0.3 is 0 Å². The van der Waals surface area contributed by atoms with Gasteiger partial charge in [-0.05, 0) is 45.6 Å². The van der Waals surface area contributed by atoms with Crippen LogP contribution in [-0.4, -0.2) is 43.0 Å². The van der Waals surface area contributed by atoms with Crippen molar-refractivity contribution in [3.63, 3.8) is 0 Å². The van der Waals surface area contributed by atoms with E-state index < -0.39 is 0 Å². The molecule has 0 radical (unpaired) electrons. The van der Waals surface area contributed by atoms with E-state index in [-0.39, 0.29) is 11.3 Å². The van der Waals surface area contributed by atoms with E-state index in [1.165, 1.54) is 0 Å². The van der Waals surface area contributed by atoms with Crippen LogP contribution in [0, 0.1) is 0 Å². The zero-order valence-electron chi connectivity index (χ0n) is 13.9. The van der Waals surface area contributed by atoms with Crippen molar-refractivity contribution < 1.29 is 4.79 Å². The van der Waals surface area contributed by atoms with E-state index in [9.17, 15) is 4.79 Å². The summed E-state index contributed by atoms with van der Waals surface area (Å²) in [5, 5.41) is 2.94. The van der Waals surface area contributed by atoms with Crippen LogP contribution in [-0.2, 0) is 5.41 Å². The highest BCUT2D eigenvalue weighted by Gasteiger charge is 2.18. The first kappa shape index (κ1) is 17.4. The van der Waals surface area contributed by atoms with Crippen LogP contribution in [0.3, 0.4) is 0 Å². The zero-order valence-corrected chi connectivity index (χ0v) is 13.9. The van der Waals surface area contributed by atoms with Gasteiger partial charge < -0.3 is 16.0 Å². The lowest BCUT2D eigenvalue weighted by molar-refractivity contribution is 0.0952. The lowest BCUT2D eigenvalue weighted by atomic mass is 9.90. The Morgan fingerprint density at radius 3 is 2.52 bits per heavy atom. The van der Waals surface area contributed by atoms with Crippen molar-refractivity contribution in [2.24, 2.45) is 0 Å². The molecule has 0 aromatic carbocycles. The van der Waals surface area contributed by atoms with Gasteiger partial charge in [0.1, 0.15) is 5.82 Å². The van der Waals surface area contributed by atoms with Crippen LogP contribution < -0.4 is 11.1 Å². The van der Waals surface area contributed by atoms with E-state index in [0.29, 0.717) is 17.9 Å². The monoisotopic (exact) mass is 292 g/mol. The minimum atomic E-state index is -0.129. The number of carbonyl (C=O) groups is 1. The minimum Gasteiger partial charge on any atom is -0.384 e. The zero-order chi connectivity index (χ0) is 16.0. The Bertz CT molecular complexity index is 478. The van der Waals surface area contributed by atoms with E-state index in [1.54, 1.807) is 6.07 Å². The second-order valence-corrected chi connectivity index (χ2v) is 6.68. The minimum absolute atomic E-state index is 0.0838. The number of nitrogens with zero attached hydrogens (tertiary/aromatic N) is 2. The van der Waals surface area contributed by atoms with Gasteiger partial charge in [0, 0.05) is 23.2 Å². The summed E-state index contributed by atoms with van der Waals surface area (Å²) >= 11 is 0. The summed E-state index contributed by atoms with van der Waals surface area (Å²) in [7, 11) is 4.10. The number of pyridine rings is 1. The maximum absolute atomic E-state index is 12.2. The molecule has 0 saturated carbocycles. The van der Waals surface area contributed by atoms with Crippen molar-refractivity contribution in [2.75, 3.05) is 32.9 Å². The summed E-state index contributed by atoms with van der Waals surface area (Å²) in [4.78, 5) is 18.6. The van der Waals surface area contributed by atoms with Crippen molar-refractivity contribution in [1.29, 1.82) is 0 Å². The summed E-state index contributed by atoms with van der Waals surface area (Å²) in [6, 6.07) is 3.45. The van der Waals surface area contributed by atoms with Crippen LogP contribution in [0.25, 0.3) is 0 Å². The van der Waals surface area contributed by atoms with Crippen molar-refractivity contribution in [3.05, 3.63) is 23.4 Å². The van der Waals surface area contributed by atoms with Crippen molar-refractivity contribution >= 4 is 11.7 Å². The molecule has 0 atom stereocenters. The Morgan fingerprint density at radius 1 is 1.29 bits per heavy atom. The van der Waals surface area contributed by atoms with E-state index >= 15 is 0 Å². The highest BCUT2D eigenvalue weighted by Crippen LogP contribution is 2.22. The summed E-state index contributed by atoms with van der Waals surface area (Å²) < 4.78 is 0. The van der Waals surface area contributed by atoms with E-state index in [1.807, 2.05) is 20.2 Å². The predicted molar refractivity (Wildman–Crippen MR) is 87.5 cm³/mol. The smallest absolute Gasteiger partial charge is 0.251 e. The van der Waals surface area contributed by atoms with Crippen LogP contribution in [0.2, 0.25) is 0 Å². The van der Waals surface area contributed by atoms with Gasteiger partial charge in [0.25, 0.3) is 5.91 Å². The lowest BCUT2D eigenvalue weighted by Gasteiger charge is -2.19. The van der Waals surface area contributed by atoms with Gasteiger partial charge in [-0.15, -0.1) is 0 Å². The summed E-state index contributed by atoms with van der Waals surface area (Å²) in [5.41, 5.74) is 7.10. The Labute approximate surface area is 127 Å². The molecule has 3 N–H and O–H groups in total. The fourth-order valence-corrected chi connectivity index (χ4v) is 1.92. The van der Waals surface area contributed by atoms with Gasteiger partial charge in [-0.3, -0.25) is 4.79 Å². The molecule has 0 saturated heterocycles. The molecule has 1 aromatic heterocycles. The molecule has 5 nitrogen and oxygen atoms in total. The van der Waals surface area contributed by atoms with E-state index in [2.05, 4.69) is 36.0 Å². The summed E-state index contributed by atoms with van der Waals surface area (Å²) in [5.74, 6) is 0.305. The van der Waals surface area contributed by atoms with Gasteiger partial charge in [0.05, 0.1) is 0 Å². The first-order valence-corrected chi connectivity index (χ1v) is 7.41. The number of hydrogen-bond acceptors (Lipinski definition) is 4. The molecule has 1 aromatic rings. The van der Waals surface area contributed by atoms with Gasteiger partial charge in [-0.1, -0.05) is 20.8 Å². The third kappa shape index (κ3) is 6.12. The number of nitrogens with two attached hydrogens (primary N) is 1. The molecular weight excluding hydrogens is 264 g/mol. The second kappa shape index (κ2) is 7.41. The lowest BCUT2D eigenvalue weighted by Crippen LogP contribution is -2.26. The maximum Gasteiger partial charge on any atom is 0.251 e. The third-order valence-electron chi connectivity index (χ3n) is 3.19. The number of carbonyl (C=O) groups excluding carboxylic acids is 1.